The van der Waals surface area contributed by atoms with Gasteiger partial charge in [0, 0.05) is 31.5 Å². The lowest BCUT2D eigenvalue weighted by molar-refractivity contribution is 0.100. The molecule has 1 aliphatic rings. The van der Waals surface area contributed by atoms with Crippen LogP contribution in [0.1, 0.15) is 10.4 Å². The minimum absolute atomic E-state index is 0.365. The highest BCUT2D eigenvalue weighted by atomic mass is 16.1. The molecule has 4 N–H and O–H groups in total. The van der Waals surface area contributed by atoms with Crippen molar-refractivity contribution < 1.29 is 4.79 Å². The number of primary amides is 1. The second kappa shape index (κ2) is 5.01. The second-order valence-corrected chi connectivity index (χ2v) is 5.20. The molecule has 0 spiro atoms. The molecule has 21 heavy (non-hydrogen) atoms. The number of para-hydroxylation sites is 2. The summed E-state index contributed by atoms with van der Waals surface area (Å²) in [6.45, 7) is 1.75. The quantitative estimate of drug-likeness (QED) is 0.826. The van der Waals surface area contributed by atoms with Gasteiger partial charge in [0.15, 0.2) is 0 Å². The fourth-order valence-corrected chi connectivity index (χ4v) is 2.70. The van der Waals surface area contributed by atoms with Gasteiger partial charge in [0.05, 0.1) is 16.9 Å². The van der Waals surface area contributed by atoms with Crippen LogP contribution in [0.4, 0.5) is 22.7 Å². The first-order valence-corrected chi connectivity index (χ1v) is 6.85. The Kier molecular flexibility index (Phi) is 3.17. The molecule has 0 aliphatic carbocycles. The van der Waals surface area contributed by atoms with E-state index in [-0.39, 0.29) is 0 Å². The fourth-order valence-electron chi connectivity index (χ4n) is 2.70. The average Bonchev–Trinajstić information content (AvgIpc) is 2.48. The van der Waals surface area contributed by atoms with Gasteiger partial charge >= 0.3 is 0 Å². The zero-order chi connectivity index (χ0) is 15.0. The number of hydrogen-bond acceptors (Lipinski definition) is 4. The van der Waals surface area contributed by atoms with E-state index in [1.807, 2.05) is 18.2 Å². The topological polar surface area (TPSA) is 75.6 Å². The molecule has 0 unspecified atom stereocenters. The molecular weight excluding hydrogens is 264 g/mol. The summed E-state index contributed by atoms with van der Waals surface area (Å²) in [6, 6.07) is 13.6. The van der Waals surface area contributed by atoms with Crippen LogP contribution >= 0.6 is 0 Å². The number of carbonyl (C=O) groups excluding carboxylic acids is 1. The highest BCUT2D eigenvalue weighted by Gasteiger charge is 2.21. The van der Waals surface area contributed by atoms with Crippen molar-refractivity contribution in [3.8, 4) is 0 Å². The Morgan fingerprint density at radius 2 is 1.81 bits per heavy atom. The molecule has 3 rings (SSSR count). The van der Waals surface area contributed by atoms with Crippen molar-refractivity contribution >= 4 is 28.7 Å². The first-order valence-electron chi connectivity index (χ1n) is 6.85. The number of anilines is 4. The van der Waals surface area contributed by atoms with Crippen LogP contribution in [0, 0.1) is 0 Å². The number of benzene rings is 2. The van der Waals surface area contributed by atoms with Crippen LogP contribution in [0.25, 0.3) is 0 Å². The largest absolute Gasteiger partial charge is 0.398 e. The van der Waals surface area contributed by atoms with Crippen LogP contribution < -0.4 is 21.3 Å². The Morgan fingerprint density at radius 1 is 1.10 bits per heavy atom. The summed E-state index contributed by atoms with van der Waals surface area (Å²) in [5, 5.41) is 0. The Morgan fingerprint density at radius 3 is 2.52 bits per heavy atom. The molecule has 0 saturated heterocycles. The molecular formula is C16H18N4O. The smallest absolute Gasteiger partial charge is 0.250 e. The molecule has 0 fully saturated rings. The molecule has 2 aromatic rings. The lowest BCUT2D eigenvalue weighted by atomic mass is 10.1. The highest BCUT2D eigenvalue weighted by molar-refractivity contribution is 5.99. The van der Waals surface area contributed by atoms with Gasteiger partial charge < -0.3 is 21.3 Å². The third-order valence-corrected chi connectivity index (χ3v) is 3.86. The standard InChI is InChI=1S/C16H18N4O/c1-19-8-9-20(15-5-3-2-4-14(15)19)11-6-7-13(17)12(10-11)16(18)21/h2-7,10H,8-9,17H2,1H3,(H2,18,21). The number of hydrogen-bond donors (Lipinski definition) is 2. The Bertz CT molecular complexity index is 698. The molecule has 0 bridgehead atoms. The Labute approximate surface area is 123 Å². The maximum Gasteiger partial charge on any atom is 0.250 e. The number of amides is 1. The van der Waals surface area contributed by atoms with E-state index < -0.39 is 5.91 Å². The van der Waals surface area contributed by atoms with E-state index in [2.05, 4.69) is 29.0 Å². The summed E-state index contributed by atoms with van der Waals surface area (Å²) in [5.41, 5.74) is 15.2. The monoisotopic (exact) mass is 282 g/mol. The maximum absolute atomic E-state index is 11.5. The molecule has 5 heteroatoms. The lowest BCUT2D eigenvalue weighted by Crippen LogP contribution is -2.36. The van der Waals surface area contributed by atoms with Gasteiger partial charge in [-0.1, -0.05) is 12.1 Å². The van der Waals surface area contributed by atoms with E-state index >= 15 is 0 Å². The maximum atomic E-state index is 11.5. The number of fused-ring (bicyclic) bond motifs is 1. The summed E-state index contributed by atoms with van der Waals surface area (Å²) in [4.78, 5) is 15.9. The van der Waals surface area contributed by atoms with Crippen LogP contribution in [-0.2, 0) is 0 Å². The molecule has 5 nitrogen and oxygen atoms in total. The van der Waals surface area contributed by atoms with E-state index in [0.29, 0.717) is 11.3 Å². The number of carbonyl (C=O) groups is 1. The van der Waals surface area contributed by atoms with Crippen LogP contribution in [0.15, 0.2) is 42.5 Å². The predicted molar refractivity (Wildman–Crippen MR) is 86.1 cm³/mol. The Hall–Kier alpha value is -2.69. The summed E-state index contributed by atoms with van der Waals surface area (Å²) < 4.78 is 0. The highest BCUT2D eigenvalue weighted by Crippen LogP contribution is 2.37. The van der Waals surface area contributed by atoms with Crippen molar-refractivity contribution in [2.24, 2.45) is 5.73 Å². The SMILES string of the molecule is CN1CCN(c2ccc(N)c(C(N)=O)c2)c2ccccc21. The van der Waals surface area contributed by atoms with Crippen molar-refractivity contribution in [2.45, 2.75) is 0 Å². The summed E-state index contributed by atoms with van der Waals surface area (Å²) in [7, 11) is 2.08. The first kappa shape index (κ1) is 13.3. The molecule has 108 valence electrons. The van der Waals surface area contributed by atoms with Crippen molar-refractivity contribution in [1.82, 2.24) is 0 Å². The summed E-state index contributed by atoms with van der Waals surface area (Å²) >= 11 is 0. The first-order chi connectivity index (χ1) is 10.1. The third kappa shape index (κ3) is 2.27. The number of rotatable bonds is 2. The van der Waals surface area contributed by atoms with E-state index in [1.54, 1.807) is 12.1 Å². The molecule has 0 aromatic heterocycles. The van der Waals surface area contributed by atoms with E-state index in [9.17, 15) is 4.79 Å². The average molecular weight is 282 g/mol. The van der Waals surface area contributed by atoms with E-state index in [4.69, 9.17) is 11.5 Å². The van der Waals surface area contributed by atoms with Gasteiger partial charge in [0.2, 0.25) is 0 Å². The zero-order valence-corrected chi connectivity index (χ0v) is 11.9. The van der Waals surface area contributed by atoms with Crippen molar-refractivity contribution in [3.05, 3.63) is 48.0 Å². The molecule has 0 atom stereocenters. The number of nitrogens with zero attached hydrogens (tertiary/aromatic N) is 2. The third-order valence-electron chi connectivity index (χ3n) is 3.86. The number of likely N-dealkylation sites (N-methyl/N-ethyl adjacent to an activating group) is 1. The van der Waals surface area contributed by atoms with Crippen molar-refractivity contribution in [1.29, 1.82) is 0 Å². The number of nitrogen functional groups attached to an aromatic ring is 1. The second-order valence-electron chi connectivity index (χ2n) is 5.20. The molecule has 1 aliphatic heterocycles. The minimum atomic E-state index is -0.503. The van der Waals surface area contributed by atoms with Gasteiger partial charge in [-0.2, -0.15) is 0 Å². The van der Waals surface area contributed by atoms with Crippen molar-refractivity contribution in [2.75, 3.05) is 35.7 Å². The van der Waals surface area contributed by atoms with Gasteiger partial charge in [0.25, 0.3) is 5.91 Å². The van der Waals surface area contributed by atoms with E-state index in [1.165, 1.54) is 5.69 Å². The minimum Gasteiger partial charge on any atom is -0.398 e. The van der Waals surface area contributed by atoms with Crippen LogP contribution in [0.5, 0.6) is 0 Å². The molecule has 2 aromatic carbocycles. The lowest BCUT2D eigenvalue weighted by Gasteiger charge is -2.37. The predicted octanol–water partition coefficient (Wildman–Crippen LogP) is 1.96. The van der Waals surface area contributed by atoms with Crippen molar-refractivity contribution in [3.63, 3.8) is 0 Å². The normalized spacial score (nSPS) is 14.0. The molecule has 0 saturated carbocycles. The van der Waals surface area contributed by atoms with Gasteiger partial charge in [0.1, 0.15) is 0 Å². The zero-order valence-electron chi connectivity index (χ0n) is 11.9. The molecule has 1 amide bonds. The Balaban J connectivity index is 2.08. The van der Waals surface area contributed by atoms with E-state index in [0.717, 1.165) is 24.5 Å². The van der Waals surface area contributed by atoms with Gasteiger partial charge in [-0.15, -0.1) is 0 Å². The van der Waals surface area contributed by atoms with Gasteiger partial charge in [-0.3, -0.25) is 4.79 Å². The van der Waals surface area contributed by atoms with Crippen LogP contribution in [0.3, 0.4) is 0 Å². The van der Waals surface area contributed by atoms with Crippen LogP contribution in [0.2, 0.25) is 0 Å². The number of nitrogens with two attached hydrogens (primary N) is 2. The fraction of sp³-hybridized carbons (Fsp3) is 0.188. The summed E-state index contributed by atoms with van der Waals surface area (Å²) in [6.07, 6.45) is 0. The summed E-state index contributed by atoms with van der Waals surface area (Å²) in [5.74, 6) is -0.503. The van der Waals surface area contributed by atoms with Gasteiger partial charge in [-0.25, -0.2) is 0 Å². The van der Waals surface area contributed by atoms with Crippen LogP contribution in [-0.4, -0.2) is 26.0 Å². The molecule has 1 heterocycles. The van der Waals surface area contributed by atoms with Gasteiger partial charge in [-0.05, 0) is 30.3 Å². The molecule has 0 radical (unpaired) electrons.